The van der Waals surface area contributed by atoms with Gasteiger partial charge in [0.15, 0.2) is 6.29 Å². The summed E-state index contributed by atoms with van der Waals surface area (Å²) >= 11 is 0. The standard InChI is InChI=1S/C18H26N2O4/c1-13(21)20-9-5-8-16(19)17(20)12-22-15-10-23-18(24-11-15)14-6-3-2-4-7-14/h2-4,6-7,15-18H,5,8-12,19H2,1H3/t15-,16-,17-,18+/m0/s1. The summed E-state index contributed by atoms with van der Waals surface area (Å²) in [4.78, 5) is 13.6. The Morgan fingerprint density at radius 2 is 2.00 bits per heavy atom. The minimum absolute atomic E-state index is 0.0369. The molecule has 2 N–H and O–H groups in total. The summed E-state index contributed by atoms with van der Waals surface area (Å²) in [6.45, 7) is 3.71. The Morgan fingerprint density at radius 1 is 1.29 bits per heavy atom. The van der Waals surface area contributed by atoms with Crippen LogP contribution in [0.1, 0.15) is 31.6 Å². The zero-order valence-electron chi connectivity index (χ0n) is 14.1. The molecule has 6 heteroatoms. The largest absolute Gasteiger partial charge is 0.371 e. The fraction of sp³-hybridized carbons (Fsp3) is 0.611. The minimum atomic E-state index is -0.336. The third kappa shape index (κ3) is 4.13. The number of hydrogen-bond donors (Lipinski definition) is 1. The topological polar surface area (TPSA) is 74.0 Å². The number of rotatable bonds is 4. The number of likely N-dealkylation sites (tertiary alicyclic amines) is 1. The number of nitrogens with zero attached hydrogens (tertiary/aromatic N) is 1. The SMILES string of the molecule is CC(=O)N1CCC[C@H](N)[C@@H]1CO[C@H]1CO[C@@H](c2ccccc2)OC1. The summed E-state index contributed by atoms with van der Waals surface area (Å²) in [5.74, 6) is 0.0547. The van der Waals surface area contributed by atoms with Gasteiger partial charge in [-0.1, -0.05) is 30.3 Å². The number of piperidine rings is 1. The lowest BCUT2D eigenvalue weighted by Crippen LogP contribution is -2.56. The van der Waals surface area contributed by atoms with Crippen LogP contribution in [-0.4, -0.2) is 55.4 Å². The summed E-state index contributed by atoms with van der Waals surface area (Å²) in [6.07, 6.45) is 1.40. The third-order valence-electron chi connectivity index (χ3n) is 4.68. The van der Waals surface area contributed by atoms with Crippen molar-refractivity contribution in [2.75, 3.05) is 26.4 Å². The van der Waals surface area contributed by atoms with Crippen LogP contribution in [0.5, 0.6) is 0 Å². The van der Waals surface area contributed by atoms with Gasteiger partial charge in [-0.15, -0.1) is 0 Å². The summed E-state index contributed by atoms with van der Waals surface area (Å²) < 4.78 is 17.5. The van der Waals surface area contributed by atoms with Gasteiger partial charge in [-0.25, -0.2) is 0 Å². The first kappa shape index (κ1) is 17.4. The second-order valence-electron chi connectivity index (χ2n) is 6.45. The number of ether oxygens (including phenoxy) is 3. The molecule has 3 rings (SSSR count). The van der Waals surface area contributed by atoms with E-state index in [1.807, 2.05) is 35.2 Å². The van der Waals surface area contributed by atoms with E-state index in [-0.39, 0.29) is 30.4 Å². The molecule has 0 unspecified atom stereocenters. The molecule has 24 heavy (non-hydrogen) atoms. The first-order chi connectivity index (χ1) is 11.6. The Morgan fingerprint density at radius 3 is 2.67 bits per heavy atom. The molecule has 1 aromatic rings. The van der Waals surface area contributed by atoms with Crippen molar-refractivity contribution < 1.29 is 19.0 Å². The van der Waals surface area contributed by atoms with Crippen molar-refractivity contribution in [1.29, 1.82) is 0 Å². The zero-order valence-corrected chi connectivity index (χ0v) is 14.1. The van der Waals surface area contributed by atoms with E-state index < -0.39 is 0 Å². The Kier molecular flexibility index (Phi) is 5.84. The van der Waals surface area contributed by atoms with Crippen LogP contribution in [-0.2, 0) is 19.0 Å². The molecule has 0 radical (unpaired) electrons. The van der Waals surface area contributed by atoms with Gasteiger partial charge in [-0.05, 0) is 12.8 Å². The summed E-state index contributed by atoms with van der Waals surface area (Å²) in [7, 11) is 0. The average molecular weight is 334 g/mol. The Bertz CT molecular complexity index is 531. The highest BCUT2D eigenvalue weighted by Gasteiger charge is 2.32. The molecule has 0 saturated carbocycles. The molecule has 0 bridgehead atoms. The van der Waals surface area contributed by atoms with Gasteiger partial charge in [0.2, 0.25) is 5.91 Å². The lowest BCUT2D eigenvalue weighted by Gasteiger charge is -2.40. The van der Waals surface area contributed by atoms with Gasteiger partial charge < -0.3 is 24.8 Å². The Hall–Kier alpha value is -1.47. The maximum absolute atomic E-state index is 11.8. The number of nitrogens with two attached hydrogens (primary N) is 1. The van der Waals surface area contributed by atoms with Crippen molar-refractivity contribution in [2.45, 2.75) is 44.2 Å². The van der Waals surface area contributed by atoms with Crippen molar-refractivity contribution in [3.63, 3.8) is 0 Å². The quantitative estimate of drug-likeness (QED) is 0.902. The molecule has 1 aromatic carbocycles. The molecule has 0 aromatic heterocycles. The smallest absolute Gasteiger partial charge is 0.219 e. The lowest BCUT2D eigenvalue weighted by molar-refractivity contribution is -0.233. The second-order valence-corrected chi connectivity index (χ2v) is 6.45. The van der Waals surface area contributed by atoms with Gasteiger partial charge in [0.25, 0.3) is 0 Å². The number of hydrogen-bond acceptors (Lipinski definition) is 5. The molecule has 1 amide bonds. The highest BCUT2D eigenvalue weighted by molar-refractivity contribution is 5.73. The lowest BCUT2D eigenvalue weighted by atomic mass is 9.97. The number of amides is 1. The van der Waals surface area contributed by atoms with Crippen LogP contribution in [0.4, 0.5) is 0 Å². The number of carbonyl (C=O) groups excluding carboxylic acids is 1. The molecule has 2 aliphatic heterocycles. The van der Waals surface area contributed by atoms with Crippen LogP contribution in [0.25, 0.3) is 0 Å². The maximum Gasteiger partial charge on any atom is 0.219 e. The normalized spacial score (nSPS) is 31.0. The Labute approximate surface area is 142 Å². The van der Waals surface area contributed by atoms with Crippen molar-refractivity contribution in [3.8, 4) is 0 Å². The molecule has 132 valence electrons. The number of benzene rings is 1. The van der Waals surface area contributed by atoms with Crippen molar-refractivity contribution in [1.82, 2.24) is 4.90 Å². The number of carbonyl (C=O) groups is 1. The third-order valence-corrected chi connectivity index (χ3v) is 4.68. The van der Waals surface area contributed by atoms with E-state index in [1.165, 1.54) is 0 Å². The van der Waals surface area contributed by atoms with Crippen LogP contribution in [0.15, 0.2) is 30.3 Å². The molecule has 0 spiro atoms. The molecular formula is C18H26N2O4. The predicted octanol–water partition coefficient (Wildman–Crippen LogP) is 1.46. The molecule has 6 nitrogen and oxygen atoms in total. The van der Waals surface area contributed by atoms with Crippen molar-refractivity contribution in [3.05, 3.63) is 35.9 Å². The fourth-order valence-corrected chi connectivity index (χ4v) is 3.31. The summed E-state index contributed by atoms with van der Waals surface area (Å²) in [5.41, 5.74) is 7.19. The van der Waals surface area contributed by atoms with E-state index in [0.29, 0.717) is 19.8 Å². The molecule has 2 fully saturated rings. The Balaban J connectivity index is 1.48. The fourth-order valence-electron chi connectivity index (χ4n) is 3.31. The first-order valence-electron chi connectivity index (χ1n) is 8.57. The van der Waals surface area contributed by atoms with E-state index in [2.05, 4.69) is 0 Å². The van der Waals surface area contributed by atoms with Gasteiger partial charge >= 0.3 is 0 Å². The zero-order chi connectivity index (χ0) is 16.9. The summed E-state index contributed by atoms with van der Waals surface area (Å²) in [6, 6.07) is 9.76. The predicted molar refractivity (Wildman–Crippen MR) is 89.2 cm³/mol. The monoisotopic (exact) mass is 334 g/mol. The minimum Gasteiger partial charge on any atom is -0.371 e. The van der Waals surface area contributed by atoms with E-state index in [1.54, 1.807) is 6.92 Å². The van der Waals surface area contributed by atoms with Gasteiger partial charge in [0, 0.05) is 25.1 Å². The molecule has 0 aliphatic carbocycles. The van der Waals surface area contributed by atoms with Crippen LogP contribution >= 0.6 is 0 Å². The van der Waals surface area contributed by atoms with E-state index in [4.69, 9.17) is 19.9 Å². The highest BCUT2D eigenvalue weighted by atomic mass is 16.7. The van der Waals surface area contributed by atoms with E-state index in [0.717, 1.165) is 24.9 Å². The van der Waals surface area contributed by atoms with Crippen LogP contribution in [0.2, 0.25) is 0 Å². The highest BCUT2D eigenvalue weighted by Crippen LogP contribution is 2.24. The van der Waals surface area contributed by atoms with Crippen LogP contribution < -0.4 is 5.73 Å². The second kappa shape index (κ2) is 8.07. The van der Waals surface area contributed by atoms with Gasteiger partial charge in [0.1, 0.15) is 6.10 Å². The molecule has 2 atom stereocenters. The van der Waals surface area contributed by atoms with Crippen molar-refractivity contribution in [2.24, 2.45) is 5.73 Å². The molecule has 2 aliphatic rings. The van der Waals surface area contributed by atoms with E-state index >= 15 is 0 Å². The van der Waals surface area contributed by atoms with Crippen molar-refractivity contribution >= 4 is 5.91 Å². The van der Waals surface area contributed by atoms with Crippen LogP contribution in [0, 0.1) is 0 Å². The molecule has 2 heterocycles. The average Bonchev–Trinajstić information content (AvgIpc) is 2.61. The van der Waals surface area contributed by atoms with Gasteiger partial charge in [-0.2, -0.15) is 0 Å². The van der Waals surface area contributed by atoms with E-state index in [9.17, 15) is 4.79 Å². The van der Waals surface area contributed by atoms with Crippen LogP contribution in [0.3, 0.4) is 0 Å². The van der Waals surface area contributed by atoms with Gasteiger partial charge in [-0.3, -0.25) is 4.79 Å². The maximum atomic E-state index is 11.8. The summed E-state index contributed by atoms with van der Waals surface area (Å²) in [5, 5.41) is 0. The first-order valence-corrected chi connectivity index (χ1v) is 8.57. The molecule has 2 saturated heterocycles. The molecular weight excluding hydrogens is 308 g/mol. The van der Waals surface area contributed by atoms with Gasteiger partial charge in [0.05, 0.1) is 25.9 Å².